The van der Waals surface area contributed by atoms with Crippen molar-refractivity contribution < 1.29 is 9.47 Å². The number of methoxy groups -OCH3 is 1. The van der Waals surface area contributed by atoms with Crippen molar-refractivity contribution in [2.45, 2.75) is 24.9 Å². The summed E-state index contributed by atoms with van der Waals surface area (Å²) < 4.78 is 12.3. The van der Waals surface area contributed by atoms with E-state index >= 15 is 0 Å². The van der Waals surface area contributed by atoms with Crippen LogP contribution in [0, 0.1) is 0 Å². The Morgan fingerprint density at radius 1 is 1.45 bits per heavy atom. The molecule has 0 amide bonds. The van der Waals surface area contributed by atoms with Crippen LogP contribution in [-0.4, -0.2) is 34.3 Å². The second-order valence-corrected chi connectivity index (χ2v) is 5.70. The van der Waals surface area contributed by atoms with Crippen LogP contribution in [-0.2, 0) is 4.74 Å². The Bertz CT molecular complexity index is 572. The third-order valence-corrected chi connectivity index (χ3v) is 3.72. The van der Waals surface area contributed by atoms with Gasteiger partial charge in [-0.1, -0.05) is 21.1 Å². The van der Waals surface area contributed by atoms with E-state index in [0.717, 1.165) is 10.2 Å². The van der Waals surface area contributed by atoms with Crippen LogP contribution in [0.3, 0.4) is 0 Å². The van der Waals surface area contributed by atoms with Crippen LogP contribution in [0.4, 0.5) is 0 Å². The van der Waals surface area contributed by atoms with E-state index in [2.05, 4.69) is 42.6 Å². The number of rotatable bonds is 6. The minimum absolute atomic E-state index is 0.363. The number of halogens is 1. The SMILES string of the molecule is COCC(Oc1ccc(Br)cc1C1CC1)c1nn[nH]n1. The Labute approximate surface area is 125 Å². The van der Waals surface area contributed by atoms with Gasteiger partial charge in [0.05, 0.1) is 6.61 Å². The molecular formula is C13H15BrN4O2. The Hall–Kier alpha value is -1.47. The first-order chi connectivity index (χ1) is 9.78. The van der Waals surface area contributed by atoms with E-state index in [1.54, 1.807) is 7.11 Å². The second-order valence-electron chi connectivity index (χ2n) is 4.79. The van der Waals surface area contributed by atoms with Crippen molar-refractivity contribution in [1.29, 1.82) is 0 Å². The Morgan fingerprint density at radius 2 is 2.30 bits per heavy atom. The van der Waals surface area contributed by atoms with Gasteiger partial charge in [0.15, 0.2) is 6.10 Å². The minimum atomic E-state index is -0.363. The molecule has 0 spiro atoms. The van der Waals surface area contributed by atoms with Crippen LogP contribution in [0.15, 0.2) is 22.7 Å². The molecule has 0 radical (unpaired) electrons. The van der Waals surface area contributed by atoms with E-state index in [9.17, 15) is 0 Å². The fourth-order valence-corrected chi connectivity index (χ4v) is 2.49. The molecule has 6 nitrogen and oxygen atoms in total. The summed E-state index contributed by atoms with van der Waals surface area (Å²) in [4.78, 5) is 0. The van der Waals surface area contributed by atoms with Gasteiger partial charge in [-0.25, -0.2) is 0 Å². The summed E-state index contributed by atoms with van der Waals surface area (Å²) in [5, 5.41) is 14.0. The van der Waals surface area contributed by atoms with E-state index < -0.39 is 0 Å². The van der Waals surface area contributed by atoms with Crippen LogP contribution in [0.5, 0.6) is 5.75 Å². The maximum Gasteiger partial charge on any atom is 0.217 e. The van der Waals surface area contributed by atoms with E-state index in [-0.39, 0.29) is 6.10 Å². The summed E-state index contributed by atoms with van der Waals surface area (Å²) in [5.41, 5.74) is 1.23. The van der Waals surface area contributed by atoms with Gasteiger partial charge in [-0.15, -0.1) is 10.2 Å². The van der Waals surface area contributed by atoms with Crippen LogP contribution in [0.2, 0.25) is 0 Å². The maximum atomic E-state index is 6.06. The zero-order valence-corrected chi connectivity index (χ0v) is 12.6. The number of hydrogen-bond acceptors (Lipinski definition) is 5. The molecule has 1 atom stereocenters. The van der Waals surface area contributed by atoms with Crippen LogP contribution in [0.1, 0.15) is 36.3 Å². The normalized spacial score (nSPS) is 16.1. The summed E-state index contributed by atoms with van der Waals surface area (Å²) in [5.74, 6) is 1.95. The number of aromatic amines is 1. The first-order valence-electron chi connectivity index (χ1n) is 6.46. The van der Waals surface area contributed by atoms with Crippen molar-refractivity contribution in [2.24, 2.45) is 0 Å². The van der Waals surface area contributed by atoms with Gasteiger partial charge in [-0.05, 0) is 42.5 Å². The average Bonchev–Trinajstić information content (AvgIpc) is 3.15. The van der Waals surface area contributed by atoms with E-state index in [0.29, 0.717) is 18.3 Å². The third kappa shape index (κ3) is 2.99. The molecule has 2 aromatic rings. The molecule has 3 rings (SSSR count). The molecule has 106 valence electrons. The van der Waals surface area contributed by atoms with Crippen molar-refractivity contribution >= 4 is 15.9 Å². The van der Waals surface area contributed by atoms with Gasteiger partial charge in [-0.3, -0.25) is 0 Å². The second kappa shape index (κ2) is 5.88. The smallest absolute Gasteiger partial charge is 0.217 e. The van der Waals surface area contributed by atoms with Gasteiger partial charge in [-0.2, -0.15) is 5.21 Å². The summed E-state index contributed by atoms with van der Waals surface area (Å²) in [7, 11) is 1.62. The molecule has 1 unspecified atom stereocenters. The number of tetrazole rings is 1. The summed E-state index contributed by atoms with van der Waals surface area (Å²) in [6.07, 6.45) is 2.06. The molecular weight excluding hydrogens is 324 g/mol. The lowest BCUT2D eigenvalue weighted by atomic mass is 10.1. The van der Waals surface area contributed by atoms with Crippen molar-refractivity contribution in [1.82, 2.24) is 20.6 Å². The highest BCUT2D eigenvalue weighted by Crippen LogP contribution is 2.45. The number of aromatic nitrogens is 4. The van der Waals surface area contributed by atoms with Gasteiger partial charge < -0.3 is 9.47 Å². The molecule has 1 aliphatic carbocycles. The first-order valence-corrected chi connectivity index (χ1v) is 7.25. The van der Waals surface area contributed by atoms with Crippen molar-refractivity contribution in [3.8, 4) is 5.75 Å². The molecule has 0 saturated heterocycles. The maximum absolute atomic E-state index is 6.06. The molecule has 1 N–H and O–H groups in total. The number of hydrogen-bond donors (Lipinski definition) is 1. The fourth-order valence-electron chi connectivity index (χ4n) is 2.11. The zero-order chi connectivity index (χ0) is 13.9. The van der Waals surface area contributed by atoms with Crippen molar-refractivity contribution in [3.63, 3.8) is 0 Å². The minimum Gasteiger partial charge on any atom is -0.480 e. The van der Waals surface area contributed by atoms with E-state index in [4.69, 9.17) is 9.47 Å². The molecule has 0 bridgehead atoms. The molecule has 20 heavy (non-hydrogen) atoms. The standard InChI is InChI=1S/C13H15BrN4O2/c1-19-7-12(13-15-17-18-16-13)20-11-5-4-9(14)6-10(11)8-2-3-8/h4-6,8,12H,2-3,7H2,1H3,(H,15,16,17,18). The van der Waals surface area contributed by atoms with Crippen LogP contribution < -0.4 is 4.74 Å². The van der Waals surface area contributed by atoms with Gasteiger partial charge in [0.1, 0.15) is 5.75 Å². The first kappa shape index (κ1) is 13.5. The Balaban J connectivity index is 1.85. The lowest BCUT2D eigenvalue weighted by Crippen LogP contribution is -2.16. The van der Waals surface area contributed by atoms with Crippen LogP contribution >= 0.6 is 15.9 Å². The molecule has 1 heterocycles. The van der Waals surface area contributed by atoms with Crippen LogP contribution in [0.25, 0.3) is 0 Å². The number of benzene rings is 1. The summed E-state index contributed by atoms with van der Waals surface area (Å²) >= 11 is 3.51. The van der Waals surface area contributed by atoms with Gasteiger partial charge in [0.25, 0.3) is 0 Å². The predicted molar refractivity (Wildman–Crippen MR) is 75.5 cm³/mol. The molecule has 1 aromatic carbocycles. The van der Waals surface area contributed by atoms with E-state index in [1.807, 2.05) is 12.1 Å². The third-order valence-electron chi connectivity index (χ3n) is 3.23. The molecule has 1 aliphatic rings. The molecule has 1 saturated carbocycles. The van der Waals surface area contributed by atoms with Crippen molar-refractivity contribution in [3.05, 3.63) is 34.1 Å². The van der Waals surface area contributed by atoms with E-state index in [1.165, 1.54) is 18.4 Å². The fraction of sp³-hybridized carbons (Fsp3) is 0.462. The predicted octanol–water partition coefficient (Wildman–Crippen LogP) is 2.61. The average molecular weight is 339 g/mol. The van der Waals surface area contributed by atoms with Gasteiger partial charge >= 0.3 is 0 Å². The monoisotopic (exact) mass is 338 g/mol. The summed E-state index contributed by atoms with van der Waals surface area (Å²) in [6, 6.07) is 6.06. The Morgan fingerprint density at radius 3 is 2.95 bits per heavy atom. The molecule has 7 heteroatoms. The highest BCUT2D eigenvalue weighted by molar-refractivity contribution is 9.10. The topological polar surface area (TPSA) is 72.9 Å². The number of nitrogens with zero attached hydrogens (tertiary/aromatic N) is 3. The Kier molecular flexibility index (Phi) is 3.98. The highest BCUT2D eigenvalue weighted by atomic mass is 79.9. The molecule has 1 aromatic heterocycles. The number of ether oxygens (including phenoxy) is 2. The van der Waals surface area contributed by atoms with Crippen molar-refractivity contribution in [2.75, 3.05) is 13.7 Å². The summed E-state index contributed by atoms with van der Waals surface area (Å²) in [6.45, 7) is 0.375. The lowest BCUT2D eigenvalue weighted by molar-refractivity contribution is 0.0750. The number of H-pyrrole nitrogens is 1. The molecule has 1 fully saturated rings. The van der Waals surface area contributed by atoms with Gasteiger partial charge in [0, 0.05) is 11.6 Å². The van der Waals surface area contributed by atoms with Gasteiger partial charge in [0.2, 0.25) is 5.82 Å². The number of nitrogens with one attached hydrogen (secondary N) is 1. The largest absolute Gasteiger partial charge is 0.480 e. The zero-order valence-electron chi connectivity index (χ0n) is 11.0. The quantitative estimate of drug-likeness (QED) is 0.876. The lowest BCUT2D eigenvalue weighted by Gasteiger charge is -2.18. The molecule has 0 aliphatic heterocycles. The highest BCUT2D eigenvalue weighted by Gasteiger charge is 2.28.